The van der Waals surface area contributed by atoms with Crippen molar-refractivity contribution in [1.29, 1.82) is 0 Å². The molecule has 0 fully saturated rings. The molecule has 178 valence electrons. The lowest BCUT2D eigenvalue weighted by molar-refractivity contribution is -0.117. The van der Waals surface area contributed by atoms with E-state index in [1.54, 1.807) is 30.3 Å². The van der Waals surface area contributed by atoms with Crippen LogP contribution in [0.15, 0.2) is 71.5 Å². The van der Waals surface area contributed by atoms with E-state index in [2.05, 4.69) is 5.32 Å². The summed E-state index contributed by atoms with van der Waals surface area (Å²) in [6, 6.07) is 17.2. The minimum Gasteiger partial charge on any atom is -0.490 e. The minimum atomic E-state index is -0.903. The van der Waals surface area contributed by atoms with Crippen LogP contribution in [0.3, 0.4) is 0 Å². The number of halogens is 2. The molecule has 0 spiro atoms. The first-order chi connectivity index (χ1) is 17.0. The highest BCUT2D eigenvalue weighted by Gasteiger charge is 2.31. The Hall–Kier alpha value is -4.40. The molecule has 0 radical (unpaired) electrons. The number of nitrogens with one attached hydrogen (secondary N) is 1. The molecule has 0 atom stereocenters. The third kappa shape index (κ3) is 4.16. The van der Waals surface area contributed by atoms with E-state index in [0.29, 0.717) is 41.8 Å². The van der Waals surface area contributed by atoms with Crippen molar-refractivity contribution in [3.05, 3.63) is 99.8 Å². The number of carbonyl (C=O) groups is 1. The summed E-state index contributed by atoms with van der Waals surface area (Å²) < 4.78 is 42.0. The van der Waals surface area contributed by atoms with E-state index in [0.717, 1.165) is 17.7 Å². The maximum atomic E-state index is 14.1. The third-order valence-electron chi connectivity index (χ3n) is 5.61. The number of para-hydroxylation sites is 2. The normalized spacial score (nSPS) is 11.9. The van der Waals surface area contributed by atoms with E-state index in [4.69, 9.17) is 9.47 Å². The van der Waals surface area contributed by atoms with E-state index < -0.39 is 17.5 Å². The van der Waals surface area contributed by atoms with Crippen LogP contribution >= 0.6 is 0 Å². The van der Waals surface area contributed by atoms with Crippen molar-refractivity contribution in [2.75, 3.05) is 11.9 Å². The summed E-state index contributed by atoms with van der Waals surface area (Å²) in [5, 5.41) is 2.43. The first-order valence-corrected chi connectivity index (χ1v) is 11.0. The van der Waals surface area contributed by atoms with Crippen LogP contribution in [0.4, 0.5) is 14.5 Å². The Morgan fingerprint density at radius 3 is 2.63 bits per heavy atom. The molecule has 0 bridgehead atoms. The van der Waals surface area contributed by atoms with Gasteiger partial charge >= 0.3 is 0 Å². The minimum absolute atomic E-state index is 0.170. The van der Waals surface area contributed by atoms with Gasteiger partial charge in [0.15, 0.2) is 11.5 Å². The fourth-order valence-corrected chi connectivity index (χ4v) is 4.10. The predicted octanol–water partition coefficient (Wildman–Crippen LogP) is 4.65. The van der Waals surface area contributed by atoms with Gasteiger partial charge in [-0.15, -0.1) is 0 Å². The number of nitrogens with zero attached hydrogens (tertiary/aromatic N) is 2. The molecule has 9 heteroatoms. The van der Waals surface area contributed by atoms with Gasteiger partial charge in [-0.2, -0.15) is 0 Å². The van der Waals surface area contributed by atoms with Gasteiger partial charge in [0.05, 0.1) is 23.5 Å². The number of ether oxygens (including phenoxy) is 2. The Morgan fingerprint density at radius 2 is 1.89 bits per heavy atom. The molecule has 0 saturated carbocycles. The summed E-state index contributed by atoms with van der Waals surface area (Å²) in [7, 11) is 0. The predicted molar refractivity (Wildman–Crippen MR) is 126 cm³/mol. The van der Waals surface area contributed by atoms with Gasteiger partial charge in [0, 0.05) is 18.1 Å². The van der Waals surface area contributed by atoms with Gasteiger partial charge in [-0.05, 0) is 37.3 Å². The zero-order valence-electron chi connectivity index (χ0n) is 18.8. The van der Waals surface area contributed by atoms with Crippen molar-refractivity contribution < 1.29 is 23.0 Å². The van der Waals surface area contributed by atoms with Gasteiger partial charge in [-0.1, -0.05) is 30.3 Å². The van der Waals surface area contributed by atoms with Crippen LogP contribution in [0.2, 0.25) is 0 Å². The van der Waals surface area contributed by atoms with Crippen molar-refractivity contribution in [2.24, 2.45) is 0 Å². The first kappa shape index (κ1) is 22.4. The molecule has 5 rings (SSSR count). The largest absolute Gasteiger partial charge is 0.490 e. The molecule has 1 N–H and O–H groups in total. The number of anilines is 1. The number of hydrogen-bond donors (Lipinski definition) is 1. The number of hydrogen-bond acceptors (Lipinski definition) is 4. The zero-order valence-corrected chi connectivity index (χ0v) is 18.8. The number of rotatable bonds is 6. The second kappa shape index (κ2) is 9.09. The fraction of sp³-hybridized carbons (Fsp3) is 0.154. The maximum absolute atomic E-state index is 14.1. The van der Waals surface area contributed by atoms with Crippen LogP contribution in [0.5, 0.6) is 17.4 Å². The lowest BCUT2D eigenvalue weighted by Gasteiger charge is -2.21. The molecule has 7 nitrogen and oxygen atoms in total. The molecule has 1 aliphatic heterocycles. The summed E-state index contributed by atoms with van der Waals surface area (Å²) in [5.41, 5.74) is 1.20. The zero-order chi connectivity index (χ0) is 24.5. The molecule has 35 heavy (non-hydrogen) atoms. The van der Waals surface area contributed by atoms with Crippen molar-refractivity contribution in [3.63, 3.8) is 0 Å². The molecule has 0 aliphatic carbocycles. The summed E-state index contributed by atoms with van der Waals surface area (Å²) in [4.78, 5) is 26.4. The van der Waals surface area contributed by atoms with E-state index in [9.17, 15) is 18.4 Å². The average molecular weight is 477 g/mol. The van der Waals surface area contributed by atoms with E-state index in [1.807, 2.05) is 25.1 Å². The lowest BCUT2D eigenvalue weighted by atomic mass is 10.0. The Labute approximate surface area is 199 Å². The summed E-state index contributed by atoms with van der Waals surface area (Å²) in [6.45, 7) is 1.92. The van der Waals surface area contributed by atoms with Gasteiger partial charge < -0.3 is 14.8 Å². The van der Waals surface area contributed by atoms with Crippen LogP contribution in [-0.4, -0.2) is 21.9 Å². The van der Waals surface area contributed by atoms with Crippen molar-refractivity contribution >= 4 is 11.6 Å². The van der Waals surface area contributed by atoms with Crippen molar-refractivity contribution in [1.82, 2.24) is 9.36 Å². The highest BCUT2D eigenvalue weighted by molar-refractivity contribution is 5.90. The molecule has 0 unspecified atom stereocenters. The van der Waals surface area contributed by atoms with Gasteiger partial charge in [0.1, 0.15) is 18.2 Å². The molecule has 3 aromatic carbocycles. The van der Waals surface area contributed by atoms with E-state index in [1.165, 1.54) is 9.36 Å². The molecular formula is C26H21F2N3O4. The second-order valence-electron chi connectivity index (χ2n) is 7.92. The van der Waals surface area contributed by atoms with Crippen molar-refractivity contribution in [2.45, 2.75) is 19.9 Å². The van der Waals surface area contributed by atoms with Crippen LogP contribution < -0.4 is 20.3 Å². The maximum Gasteiger partial charge on any atom is 0.278 e. The number of carbonyl (C=O) groups excluding carboxylic acids is 1. The van der Waals surface area contributed by atoms with Gasteiger partial charge in [0.25, 0.3) is 5.56 Å². The Balaban J connectivity index is 1.58. The molecule has 1 amide bonds. The number of aromatic nitrogens is 2. The highest BCUT2D eigenvalue weighted by Crippen LogP contribution is 2.42. The standard InChI is InChI=1S/C26H21F2N3O4/c1-2-34-22-10-6-7-16-13-19-25(33)31(18-8-4-3-5-9-18)30(26(19)35-24(16)22)15-23(32)29-21-12-11-17(27)14-20(21)28/h3-12,14H,2,13,15H2,1H3,(H,29,32). The van der Waals surface area contributed by atoms with Crippen molar-refractivity contribution in [3.8, 4) is 23.1 Å². The fourth-order valence-electron chi connectivity index (χ4n) is 4.10. The Bertz CT molecular complexity index is 1480. The van der Waals surface area contributed by atoms with E-state index in [-0.39, 0.29) is 23.7 Å². The van der Waals surface area contributed by atoms with Gasteiger partial charge in [-0.3, -0.25) is 9.59 Å². The summed E-state index contributed by atoms with van der Waals surface area (Å²) in [5.74, 6) is -1.07. The molecule has 1 aromatic heterocycles. The quantitative estimate of drug-likeness (QED) is 0.386. The number of benzene rings is 3. The van der Waals surface area contributed by atoms with Crippen LogP contribution in [-0.2, 0) is 17.8 Å². The Kier molecular flexibility index (Phi) is 5.82. The molecule has 0 saturated heterocycles. The monoisotopic (exact) mass is 477 g/mol. The molecule has 2 heterocycles. The average Bonchev–Trinajstić information content (AvgIpc) is 3.11. The van der Waals surface area contributed by atoms with E-state index >= 15 is 0 Å². The van der Waals surface area contributed by atoms with Gasteiger partial charge in [0.2, 0.25) is 11.8 Å². The van der Waals surface area contributed by atoms with Crippen LogP contribution in [0.1, 0.15) is 18.1 Å². The Morgan fingerprint density at radius 1 is 1.09 bits per heavy atom. The molecule has 1 aliphatic rings. The summed E-state index contributed by atoms with van der Waals surface area (Å²) >= 11 is 0. The number of fused-ring (bicyclic) bond motifs is 2. The third-order valence-corrected chi connectivity index (χ3v) is 5.61. The molecule has 4 aromatic rings. The highest BCUT2D eigenvalue weighted by atomic mass is 19.1. The topological polar surface area (TPSA) is 74.5 Å². The van der Waals surface area contributed by atoms with Gasteiger partial charge in [-0.25, -0.2) is 18.1 Å². The SMILES string of the molecule is CCOc1cccc2c1Oc1c(c(=O)n(-c3ccccc3)n1CC(=O)Nc1ccc(F)cc1F)C2. The smallest absolute Gasteiger partial charge is 0.278 e. The first-order valence-electron chi connectivity index (χ1n) is 11.0. The molecular weight excluding hydrogens is 456 g/mol. The summed E-state index contributed by atoms with van der Waals surface area (Å²) in [6.07, 6.45) is 0.290. The van der Waals surface area contributed by atoms with Crippen LogP contribution in [0, 0.1) is 11.6 Å². The number of amides is 1. The van der Waals surface area contributed by atoms with Crippen LogP contribution in [0.25, 0.3) is 5.69 Å². The second-order valence-corrected chi connectivity index (χ2v) is 7.92. The lowest BCUT2D eigenvalue weighted by Crippen LogP contribution is -2.27.